The molecule has 0 N–H and O–H groups in total. The summed E-state index contributed by atoms with van der Waals surface area (Å²) in [6, 6.07) is 7.54. The van der Waals surface area contributed by atoms with Crippen LogP contribution in [-0.4, -0.2) is 20.5 Å². The topological polar surface area (TPSA) is 60.9 Å². The predicted octanol–water partition coefficient (Wildman–Crippen LogP) is 3.11. The van der Waals surface area contributed by atoms with E-state index in [9.17, 15) is 4.79 Å². The van der Waals surface area contributed by atoms with Crippen LogP contribution >= 0.6 is 0 Å². The van der Waals surface area contributed by atoms with Gasteiger partial charge in [0.1, 0.15) is 24.0 Å². The lowest BCUT2D eigenvalue weighted by Crippen LogP contribution is -2.14. The average Bonchev–Trinajstić information content (AvgIpc) is 3.05. The van der Waals surface area contributed by atoms with Crippen LogP contribution in [0, 0.1) is 5.92 Å². The molecule has 21 heavy (non-hydrogen) atoms. The van der Waals surface area contributed by atoms with Crippen molar-refractivity contribution in [3.63, 3.8) is 0 Å². The number of carbonyl (C=O) groups is 1. The molecule has 5 nitrogen and oxygen atoms in total. The highest BCUT2D eigenvalue weighted by molar-refractivity contribution is 6.07. The summed E-state index contributed by atoms with van der Waals surface area (Å²) in [5, 5.41) is 5.03. The summed E-state index contributed by atoms with van der Waals surface area (Å²) in [5.41, 5.74) is 1.33. The number of carbonyl (C=O) groups excluding carboxylic acids is 1. The van der Waals surface area contributed by atoms with Gasteiger partial charge in [0.2, 0.25) is 0 Å². The SMILES string of the molecule is CC(C)Cn1ncnc1CC(=O)c1coc2ccccc12. The fraction of sp³-hybridized carbons (Fsp3) is 0.312. The number of Topliss-reactive ketones (excluding diaryl/α,β-unsaturated/α-hetero) is 1. The van der Waals surface area contributed by atoms with Crippen LogP contribution in [0.3, 0.4) is 0 Å². The number of aromatic nitrogens is 3. The molecule has 0 saturated heterocycles. The van der Waals surface area contributed by atoms with Gasteiger partial charge >= 0.3 is 0 Å². The third kappa shape index (κ3) is 2.72. The van der Waals surface area contributed by atoms with Gasteiger partial charge in [0.05, 0.1) is 12.0 Å². The van der Waals surface area contributed by atoms with Crippen LogP contribution in [0.2, 0.25) is 0 Å². The van der Waals surface area contributed by atoms with Crippen LogP contribution in [0.4, 0.5) is 0 Å². The molecule has 0 aliphatic rings. The van der Waals surface area contributed by atoms with E-state index in [0.29, 0.717) is 17.3 Å². The van der Waals surface area contributed by atoms with E-state index >= 15 is 0 Å². The standard InChI is InChI=1S/C16H17N3O2/c1-11(2)8-19-16(17-10-18-19)7-14(20)13-9-21-15-6-4-3-5-12(13)15/h3-6,9-11H,7-8H2,1-2H3. The molecule has 1 aromatic carbocycles. The van der Waals surface area contributed by atoms with E-state index in [1.54, 1.807) is 4.68 Å². The quantitative estimate of drug-likeness (QED) is 0.675. The van der Waals surface area contributed by atoms with Gasteiger partial charge in [0, 0.05) is 11.9 Å². The number of furan rings is 1. The number of ketones is 1. The van der Waals surface area contributed by atoms with Crippen LogP contribution in [0.5, 0.6) is 0 Å². The first-order valence-electron chi connectivity index (χ1n) is 7.01. The van der Waals surface area contributed by atoms with E-state index in [4.69, 9.17) is 4.42 Å². The number of hydrogen-bond donors (Lipinski definition) is 0. The lowest BCUT2D eigenvalue weighted by Gasteiger charge is -2.07. The molecule has 0 spiro atoms. The second kappa shape index (κ2) is 5.52. The van der Waals surface area contributed by atoms with Crippen molar-refractivity contribution in [2.24, 2.45) is 5.92 Å². The molecular formula is C16H17N3O2. The van der Waals surface area contributed by atoms with Gasteiger partial charge in [-0.3, -0.25) is 4.79 Å². The van der Waals surface area contributed by atoms with Gasteiger partial charge in [-0.2, -0.15) is 5.10 Å². The molecule has 0 amide bonds. The van der Waals surface area contributed by atoms with Gasteiger partial charge in [0.25, 0.3) is 0 Å². The third-order valence-electron chi connectivity index (χ3n) is 3.33. The molecule has 0 atom stereocenters. The third-order valence-corrected chi connectivity index (χ3v) is 3.33. The molecule has 0 aliphatic carbocycles. The number of hydrogen-bond acceptors (Lipinski definition) is 4. The number of nitrogens with zero attached hydrogens (tertiary/aromatic N) is 3. The highest BCUT2D eigenvalue weighted by Crippen LogP contribution is 2.22. The molecule has 0 fully saturated rings. The summed E-state index contributed by atoms with van der Waals surface area (Å²) in [6.45, 7) is 4.97. The number of benzene rings is 1. The zero-order valence-electron chi connectivity index (χ0n) is 12.1. The van der Waals surface area contributed by atoms with E-state index in [1.165, 1.54) is 12.6 Å². The second-order valence-corrected chi connectivity index (χ2v) is 5.50. The molecule has 3 aromatic rings. The Hall–Kier alpha value is -2.43. The number of fused-ring (bicyclic) bond motifs is 1. The zero-order chi connectivity index (χ0) is 14.8. The minimum absolute atomic E-state index is 0.00189. The van der Waals surface area contributed by atoms with E-state index in [0.717, 1.165) is 17.5 Å². The summed E-state index contributed by atoms with van der Waals surface area (Å²) in [6.07, 6.45) is 3.25. The van der Waals surface area contributed by atoms with Crippen molar-refractivity contribution in [2.75, 3.05) is 0 Å². The molecule has 0 bridgehead atoms. The Morgan fingerprint density at radius 2 is 2.14 bits per heavy atom. The maximum atomic E-state index is 12.5. The molecule has 3 rings (SSSR count). The summed E-state index contributed by atoms with van der Waals surface area (Å²) in [7, 11) is 0. The smallest absolute Gasteiger partial charge is 0.174 e. The van der Waals surface area contributed by atoms with Crippen molar-refractivity contribution in [3.8, 4) is 0 Å². The van der Waals surface area contributed by atoms with Gasteiger partial charge in [-0.1, -0.05) is 32.0 Å². The zero-order valence-corrected chi connectivity index (χ0v) is 12.1. The predicted molar refractivity (Wildman–Crippen MR) is 79.1 cm³/mol. The van der Waals surface area contributed by atoms with Crippen molar-refractivity contribution in [1.29, 1.82) is 0 Å². The Balaban J connectivity index is 1.85. The summed E-state index contributed by atoms with van der Waals surface area (Å²) >= 11 is 0. The van der Waals surface area contributed by atoms with Gasteiger partial charge in [-0.05, 0) is 12.0 Å². The van der Waals surface area contributed by atoms with Gasteiger partial charge < -0.3 is 4.42 Å². The van der Waals surface area contributed by atoms with E-state index < -0.39 is 0 Å². The first-order chi connectivity index (χ1) is 10.1. The molecule has 2 aromatic heterocycles. The van der Waals surface area contributed by atoms with Gasteiger partial charge in [-0.15, -0.1) is 0 Å². The highest BCUT2D eigenvalue weighted by Gasteiger charge is 2.17. The van der Waals surface area contributed by atoms with Crippen molar-refractivity contribution >= 4 is 16.8 Å². The lowest BCUT2D eigenvalue weighted by molar-refractivity contribution is 0.0989. The normalized spacial score (nSPS) is 11.4. The Morgan fingerprint density at radius 3 is 2.95 bits per heavy atom. The van der Waals surface area contributed by atoms with Crippen LogP contribution in [0.1, 0.15) is 30.0 Å². The van der Waals surface area contributed by atoms with Crippen LogP contribution < -0.4 is 0 Å². The lowest BCUT2D eigenvalue weighted by atomic mass is 10.1. The summed E-state index contributed by atoms with van der Waals surface area (Å²) in [4.78, 5) is 16.7. The highest BCUT2D eigenvalue weighted by atomic mass is 16.3. The second-order valence-electron chi connectivity index (χ2n) is 5.50. The van der Waals surface area contributed by atoms with Gasteiger partial charge in [-0.25, -0.2) is 9.67 Å². The number of rotatable bonds is 5. The average molecular weight is 283 g/mol. The molecule has 5 heteroatoms. The van der Waals surface area contributed by atoms with Crippen LogP contribution in [0.15, 0.2) is 41.3 Å². The van der Waals surface area contributed by atoms with Crippen molar-refractivity contribution in [2.45, 2.75) is 26.8 Å². The monoisotopic (exact) mass is 283 g/mol. The minimum atomic E-state index is -0.00189. The summed E-state index contributed by atoms with van der Waals surface area (Å²) in [5.74, 6) is 1.15. The first-order valence-corrected chi connectivity index (χ1v) is 7.01. The van der Waals surface area contributed by atoms with Gasteiger partial charge in [0.15, 0.2) is 5.78 Å². The van der Waals surface area contributed by atoms with Crippen LogP contribution in [0.25, 0.3) is 11.0 Å². The largest absolute Gasteiger partial charge is 0.464 e. The van der Waals surface area contributed by atoms with Crippen molar-refractivity contribution < 1.29 is 9.21 Å². The first kappa shape index (κ1) is 13.5. The fourth-order valence-electron chi connectivity index (χ4n) is 2.36. The Kier molecular flexibility index (Phi) is 3.56. The fourth-order valence-corrected chi connectivity index (χ4v) is 2.36. The maximum Gasteiger partial charge on any atom is 0.174 e. The van der Waals surface area contributed by atoms with Crippen LogP contribution in [-0.2, 0) is 13.0 Å². The Morgan fingerprint density at radius 1 is 1.33 bits per heavy atom. The summed E-state index contributed by atoms with van der Waals surface area (Å²) < 4.78 is 7.22. The Bertz CT molecular complexity index is 771. The minimum Gasteiger partial charge on any atom is -0.464 e. The molecule has 0 unspecified atom stereocenters. The molecule has 2 heterocycles. The van der Waals surface area contributed by atoms with E-state index in [-0.39, 0.29) is 12.2 Å². The Labute approximate surface area is 122 Å². The molecule has 0 aliphatic heterocycles. The van der Waals surface area contributed by atoms with E-state index in [1.807, 2.05) is 24.3 Å². The molecular weight excluding hydrogens is 266 g/mol. The van der Waals surface area contributed by atoms with Crippen molar-refractivity contribution in [1.82, 2.24) is 14.8 Å². The molecule has 108 valence electrons. The molecule has 0 radical (unpaired) electrons. The molecule has 0 saturated carbocycles. The number of para-hydroxylation sites is 1. The maximum absolute atomic E-state index is 12.5. The van der Waals surface area contributed by atoms with E-state index in [2.05, 4.69) is 23.9 Å². The van der Waals surface area contributed by atoms with Crippen molar-refractivity contribution in [3.05, 3.63) is 48.2 Å².